The second-order valence-corrected chi connectivity index (χ2v) is 7.60. The number of ether oxygens (including phenoxy) is 1. The fraction of sp³-hybridized carbons (Fsp3) is 0.647. The molecule has 7 heteroatoms. The number of H-pyrrole nitrogens is 1. The first kappa shape index (κ1) is 17.5. The van der Waals surface area contributed by atoms with Gasteiger partial charge in [-0.2, -0.15) is 11.8 Å². The second kappa shape index (κ2) is 8.18. The van der Waals surface area contributed by atoms with Crippen LogP contribution in [0.25, 0.3) is 11.0 Å². The number of aromatic amines is 1. The molecule has 0 amide bonds. The zero-order chi connectivity index (χ0) is 16.9. The largest absolute Gasteiger partial charge is 0.382 e. The van der Waals surface area contributed by atoms with E-state index in [1.165, 1.54) is 36.2 Å². The first-order valence-corrected chi connectivity index (χ1v) is 9.77. The number of methoxy groups -OCH3 is 1. The van der Waals surface area contributed by atoms with Gasteiger partial charge in [-0.05, 0) is 17.9 Å². The van der Waals surface area contributed by atoms with Gasteiger partial charge in [0.25, 0.3) is 0 Å². The third-order valence-electron chi connectivity index (χ3n) is 4.70. The van der Waals surface area contributed by atoms with Crippen LogP contribution in [0.4, 0.5) is 5.82 Å². The number of nitrogens with two attached hydrogens (primary N) is 1. The van der Waals surface area contributed by atoms with E-state index in [0.29, 0.717) is 17.8 Å². The summed E-state index contributed by atoms with van der Waals surface area (Å²) in [7, 11) is 1.83. The fourth-order valence-corrected chi connectivity index (χ4v) is 4.62. The van der Waals surface area contributed by atoms with Crippen LogP contribution in [-0.4, -0.2) is 57.7 Å². The van der Waals surface area contributed by atoms with Gasteiger partial charge in [0.05, 0.1) is 11.6 Å². The van der Waals surface area contributed by atoms with Gasteiger partial charge in [0.15, 0.2) is 5.82 Å². The van der Waals surface area contributed by atoms with Crippen LogP contribution in [0.3, 0.4) is 0 Å². The molecule has 0 spiro atoms. The van der Waals surface area contributed by atoms with Gasteiger partial charge >= 0.3 is 0 Å². The Bertz CT molecular complexity index is 661. The monoisotopic (exact) mass is 349 g/mol. The quantitative estimate of drug-likeness (QED) is 0.713. The van der Waals surface area contributed by atoms with Crippen molar-refractivity contribution in [2.45, 2.75) is 32.4 Å². The lowest BCUT2D eigenvalue weighted by atomic mass is 10.1. The number of fused-ring (bicyclic) bond motifs is 1. The Kier molecular flexibility index (Phi) is 5.97. The van der Waals surface area contributed by atoms with Crippen LogP contribution in [0, 0.1) is 5.92 Å². The normalized spacial score (nSPS) is 21.8. The summed E-state index contributed by atoms with van der Waals surface area (Å²) < 4.78 is 5.73. The number of nitrogens with zero attached hydrogens (tertiary/aromatic N) is 3. The van der Waals surface area contributed by atoms with Crippen molar-refractivity contribution >= 4 is 28.6 Å². The second-order valence-electron chi connectivity index (χ2n) is 6.45. The smallest absolute Gasteiger partial charge is 0.151 e. The molecule has 0 radical (unpaired) electrons. The van der Waals surface area contributed by atoms with E-state index < -0.39 is 0 Å². The van der Waals surface area contributed by atoms with Crippen LogP contribution in [0.15, 0.2) is 12.5 Å². The lowest BCUT2D eigenvalue weighted by molar-refractivity contribution is 0.0845. The van der Waals surface area contributed by atoms with Crippen molar-refractivity contribution in [3.8, 4) is 0 Å². The van der Waals surface area contributed by atoms with Crippen molar-refractivity contribution in [2.24, 2.45) is 5.92 Å². The number of thioether (sulfide) groups is 1. The first-order valence-electron chi connectivity index (χ1n) is 8.62. The van der Waals surface area contributed by atoms with E-state index in [1.54, 1.807) is 0 Å². The van der Waals surface area contributed by atoms with Crippen LogP contribution < -0.4 is 5.73 Å². The summed E-state index contributed by atoms with van der Waals surface area (Å²) in [5.74, 6) is 3.54. The summed E-state index contributed by atoms with van der Waals surface area (Å²) in [5.41, 5.74) is 8.84. The minimum Gasteiger partial charge on any atom is -0.382 e. The summed E-state index contributed by atoms with van der Waals surface area (Å²) >= 11 is 2.06. The molecule has 1 aliphatic heterocycles. The minimum atomic E-state index is 0.323. The molecule has 6 nitrogen and oxygen atoms in total. The molecule has 3 rings (SSSR count). The number of hydrogen-bond acceptors (Lipinski definition) is 6. The predicted octanol–water partition coefficient (Wildman–Crippen LogP) is 2.52. The molecule has 0 unspecified atom stereocenters. The molecule has 2 atom stereocenters. The van der Waals surface area contributed by atoms with Gasteiger partial charge in [-0.1, -0.05) is 13.3 Å². The number of nitrogen functional groups attached to an aromatic ring is 1. The highest BCUT2D eigenvalue weighted by Crippen LogP contribution is 2.27. The predicted molar refractivity (Wildman–Crippen MR) is 100 cm³/mol. The van der Waals surface area contributed by atoms with Crippen molar-refractivity contribution in [2.75, 3.05) is 37.4 Å². The van der Waals surface area contributed by atoms with E-state index >= 15 is 0 Å². The molecule has 2 aromatic rings. The highest BCUT2D eigenvalue weighted by atomic mass is 32.2. The van der Waals surface area contributed by atoms with Gasteiger partial charge in [0.1, 0.15) is 11.8 Å². The van der Waals surface area contributed by atoms with Crippen LogP contribution in [0.1, 0.15) is 25.3 Å². The Hall–Kier alpha value is -1.31. The molecule has 3 heterocycles. The zero-order valence-corrected chi connectivity index (χ0v) is 15.3. The fourth-order valence-electron chi connectivity index (χ4n) is 3.34. The van der Waals surface area contributed by atoms with Crippen molar-refractivity contribution in [3.05, 3.63) is 18.1 Å². The number of likely N-dealkylation sites (tertiary alicyclic amines) is 1. The molecule has 1 saturated heterocycles. The van der Waals surface area contributed by atoms with E-state index in [9.17, 15) is 0 Å². The molecular weight excluding hydrogens is 322 g/mol. The van der Waals surface area contributed by atoms with Crippen LogP contribution >= 0.6 is 11.8 Å². The van der Waals surface area contributed by atoms with Crippen molar-refractivity contribution in [3.63, 3.8) is 0 Å². The number of unbranched alkanes of at least 4 members (excludes halogenated alkanes) is 1. The van der Waals surface area contributed by atoms with Gasteiger partial charge in [0.2, 0.25) is 0 Å². The van der Waals surface area contributed by atoms with Gasteiger partial charge in [-0.3, -0.25) is 4.90 Å². The van der Waals surface area contributed by atoms with E-state index in [0.717, 1.165) is 30.7 Å². The minimum absolute atomic E-state index is 0.323. The number of nitrogens with one attached hydrogen (secondary N) is 1. The molecule has 0 bridgehead atoms. The highest BCUT2D eigenvalue weighted by Gasteiger charge is 2.32. The molecule has 24 heavy (non-hydrogen) atoms. The van der Waals surface area contributed by atoms with E-state index in [1.807, 2.05) is 13.3 Å². The van der Waals surface area contributed by atoms with Gasteiger partial charge in [0, 0.05) is 44.4 Å². The molecule has 0 aromatic carbocycles. The molecular formula is C17H27N5OS. The lowest BCUT2D eigenvalue weighted by Crippen LogP contribution is -2.23. The molecule has 3 N–H and O–H groups in total. The van der Waals surface area contributed by atoms with Crippen LogP contribution in [-0.2, 0) is 11.3 Å². The van der Waals surface area contributed by atoms with E-state index in [4.69, 9.17) is 10.5 Å². The van der Waals surface area contributed by atoms with Crippen molar-refractivity contribution in [1.82, 2.24) is 19.9 Å². The van der Waals surface area contributed by atoms with Gasteiger partial charge in [-0.15, -0.1) is 0 Å². The molecule has 0 saturated carbocycles. The summed E-state index contributed by atoms with van der Waals surface area (Å²) in [6, 6.07) is 0. The number of anilines is 1. The summed E-state index contributed by atoms with van der Waals surface area (Å²) in [6.07, 6.45) is 6.42. The van der Waals surface area contributed by atoms with Crippen LogP contribution in [0.2, 0.25) is 0 Å². The van der Waals surface area contributed by atoms with Gasteiger partial charge in [-0.25, -0.2) is 9.97 Å². The Morgan fingerprint density at radius 2 is 2.29 bits per heavy atom. The van der Waals surface area contributed by atoms with E-state index in [2.05, 4.69) is 38.5 Å². The maximum atomic E-state index is 5.90. The maximum Gasteiger partial charge on any atom is 0.151 e. The number of hydrogen-bond donors (Lipinski definition) is 2. The summed E-state index contributed by atoms with van der Waals surface area (Å²) in [5, 5.41) is 0. The Balaban J connectivity index is 1.62. The van der Waals surface area contributed by atoms with Crippen molar-refractivity contribution < 1.29 is 4.74 Å². The maximum absolute atomic E-state index is 5.90. The average Bonchev–Trinajstić information content (AvgIpc) is 3.17. The average molecular weight is 350 g/mol. The summed E-state index contributed by atoms with van der Waals surface area (Å²) in [4.78, 5) is 14.1. The van der Waals surface area contributed by atoms with Crippen molar-refractivity contribution in [1.29, 1.82) is 0 Å². The standard InChI is InChI=1S/C17H27N5OS/c1-3-4-5-24-10-13-8-22(9-14(13)23-2)7-12-6-19-16-15(12)20-11-21-17(16)18/h6,11,13-14,19H,3-5,7-10H2,1-2H3,(H2,18,20,21)/t13-,14-/m1/s1. The molecule has 132 valence electrons. The molecule has 0 aliphatic carbocycles. The SMILES string of the molecule is CCCCSC[C@H]1CN(Cc2c[nH]c3c(N)ncnc23)C[C@H]1OC. The lowest BCUT2D eigenvalue weighted by Gasteiger charge is -2.16. The summed E-state index contributed by atoms with van der Waals surface area (Å²) in [6.45, 7) is 5.16. The highest BCUT2D eigenvalue weighted by molar-refractivity contribution is 7.99. The Morgan fingerprint density at radius 3 is 3.08 bits per heavy atom. The Labute approximate surface area is 147 Å². The third kappa shape index (κ3) is 3.84. The first-order chi connectivity index (χ1) is 11.7. The number of rotatable bonds is 8. The molecule has 2 aromatic heterocycles. The number of aromatic nitrogens is 3. The van der Waals surface area contributed by atoms with Crippen LogP contribution in [0.5, 0.6) is 0 Å². The van der Waals surface area contributed by atoms with E-state index in [-0.39, 0.29) is 0 Å². The molecule has 1 aliphatic rings. The Morgan fingerprint density at radius 1 is 1.42 bits per heavy atom. The topological polar surface area (TPSA) is 80.1 Å². The molecule has 1 fully saturated rings. The zero-order valence-electron chi connectivity index (χ0n) is 14.5. The third-order valence-corrected chi connectivity index (χ3v) is 5.94. The van der Waals surface area contributed by atoms with Gasteiger partial charge < -0.3 is 15.5 Å².